The number of aliphatic hydroxyl groups excluding tert-OH is 1. The summed E-state index contributed by atoms with van der Waals surface area (Å²) in [4.78, 5) is 115. The van der Waals surface area contributed by atoms with Gasteiger partial charge in [-0.25, -0.2) is 4.98 Å². The number of hydrogen-bond donors (Lipinski definition) is 14. The first-order chi connectivity index (χ1) is 34.5. The Bertz CT molecular complexity index is 1800. The minimum Gasteiger partial charge on any atom is -0.393 e. The van der Waals surface area contributed by atoms with Crippen molar-refractivity contribution in [1.82, 2.24) is 45.9 Å². The van der Waals surface area contributed by atoms with Crippen LogP contribution < -0.4 is 61.4 Å². The first-order valence-electron chi connectivity index (χ1n) is 25.0. The summed E-state index contributed by atoms with van der Waals surface area (Å²) in [6.07, 6.45) is 7.31. The highest BCUT2D eigenvalue weighted by atomic mass is 32.1. The molecule has 0 radical (unpaired) electrons. The number of aromatic nitrogens is 2. The SMILES string of the molecule is CC(O)CC(=O)N(CCN)C(CS)C(=O)NCCN(C(=O)CCCCN=C(N)N)C(CCCCN)C(=O)NCCN(C(=O)CCc1cnc[nH]1)C(CCCN=C(N)N)C(=O)NCCNC(=O)CCCCCN. The molecule has 1 aromatic rings. The largest absolute Gasteiger partial charge is 0.393 e. The normalized spacial score (nSPS) is 12.6. The van der Waals surface area contributed by atoms with Gasteiger partial charge in [-0.05, 0) is 84.2 Å². The summed E-state index contributed by atoms with van der Waals surface area (Å²) >= 11 is 4.33. The van der Waals surface area contributed by atoms with E-state index in [1.807, 2.05) is 0 Å². The van der Waals surface area contributed by atoms with Gasteiger partial charge in [0.15, 0.2) is 11.9 Å². The Hall–Kier alpha value is -5.77. The van der Waals surface area contributed by atoms with Crippen LogP contribution in [-0.4, -0.2) is 192 Å². The molecule has 0 saturated carbocycles. The minimum atomic E-state index is -1.06. The number of nitrogens with one attached hydrogen (secondary N) is 5. The number of carbonyl (C=O) groups excluding carboxylic acids is 7. The van der Waals surface area contributed by atoms with E-state index < -0.39 is 53.8 Å². The van der Waals surface area contributed by atoms with Crippen LogP contribution in [0.5, 0.6) is 0 Å². The van der Waals surface area contributed by atoms with E-state index in [1.54, 1.807) is 6.20 Å². The molecule has 20 N–H and O–H groups in total. The molecule has 0 aliphatic heterocycles. The van der Waals surface area contributed by atoms with E-state index in [0.717, 1.165) is 12.8 Å². The number of guanidine groups is 2. The van der Waals surface area contributed by atoms with E-state index >= 15 is 0 Å². The van der Waals surface area contributed by atoms with Gasteiger partial charge in [-0.3, -0.25) is 43.5 Å². The standard InChI is InChI=1S/C45H86N18O8S/c1-32(64)28-40(68)61(25-18-48)36(30-72)43(71)57-24-26-62(38(66)13-5-8-19-58-44(49)50)34(10-4-7-17-47)42(70)56-23-27-63(39(67)15-14-33-29-53-31-60-33)35(11-9-20-59-45(51)52)41(69)55-22-21-54-37(65)12-3-2-6-16-46/h29,31-32,34-36,64,72H,2-28,30,46-48H2,1H3,(H,53,60)(H,54,65)(H,55,69)(H,56,70)(H,57,71)(H4,49,50,58)(H4,51,52,59). The molecule has 26 nitrogen and oxygen atoms in total. The van der Waals surface area contributed by atoms with E-state index in [2.05, 4.69) is 53.8 Å². The number of nitrogens with two attached hydrogens (primary N) is 7. The summed E-state index contributed by atoms with van der Waals surface area (Å²) < 4.78 is 0. The zero-order chi connectivity index (χ0) is 53.7. The van der Waals surface area contributed by atoms with Gasteiger partial charge in [-0.2, -0.15) is 12.6 Å². The lowest BCUT2D eigenvalue weighted by atomic mass is 10.0. The summed E-state index contributed by atoms with van der Waals surface area (Å²) in [7, 11) is 0. The van der Waals surface area contributed by atoms with Crippen LogP contribution in [0.15, 0.2) is 22.5 Å². The number of hydrogen-bond acceptors (Lipinski definition) is 15. The van der Waals surface area contributed by atoms with E-state index in [-0.39, 0.29) is 133 Å². The second-order valence-corrected chi connectivity index (χ2v) is 17.6. The maximum absolute atomic E-state index is 14.4. The third-order valence-electron chi connectivity index (χ3n) is 11.3. The molecule has 0 bridgehead atoms. The zero-order valence-electron chi connectivity index (χ0n) is 42.2. The van der Waals surface area contributed by atoms with Crippen LogP contribution in [0.2, 0.25) is 0 Å². The lowest BCUT2D eigenvalue weighted by Crippen LogP contribution is -2.56. The zero-order valence-corrected chi connectivity index (χ0v) is 43.1. The minimum absolute atomic E-state index is 0.0136. The predicted octanol–water partition coefficient (Wildman–Crippen LogP) is -3.80. The fourth-order valence-electron chi connectivity index (χ4n) is 7.61. The topological polar surface area (TPSA) is 433 Å². The molecule has 0 aliphatic rings. The Kier molecular flexibility index (Phi) is 34.7. The highest BCUT2D eigenvalue weighted by Crippen LogP contribution is 2.16. The number of aliphatic hydroxyl groups is 1. The first-order valence-corrected chi connectivity index (χ1v) is 25.6. The number of aliphatic imine (C=N–C) groups is 2. The molecule has 410 valence electrons. The number of aryl methyl sites for hydroxylation is 1. The molecule has 0 saturated heterocycles. The van der Waals surface area contributed by atoms with E-state index in [0.29, 0.717) is 63.7 Å². The smallest absolute Gasteiger partial charge is 0.243 e. The Balaban J connectivity index is 3.49. The van der Waals surface area contributed by atoms with Crippen molar-refractivity contribution in [2.24, 2.45) is 50.1 Å². The molecule has 4 unspecified atom stereocenters. The molecule has 0 spiro atoms. The van der Waals surface area contributed by atoms with Crippen molar-refractivity contribution in [1.29, 1.82) is 0 Å². The molecular formula is C45H86N18O8S. The molecule has 1 heterocycles. The highest BCUT2D eigenvalue weighted by molar-refractivity contribution is 7.80. The van der Waals surface area contributed by atoms with Gasteiger partial charge in [-0.15, -0.1) is 0 Å². The maximum Gasteiger partial charge on any atom is 0.243 e. The summed E-state index contributed by atoms with van der Waals surface area (Å²) in [5.74, 6) is -3.32. The molecular weight excluding hydrogens is 953 g/mol. The third kappa shape index (κ3) is 27.7. The van der Waals surface area contributed by atoms with Gasteiger partial charge in [0.25, 0.3) is 0 Å². The average Bonchev–Trinajstić information content (AvgIpc) is 3.86. The maximum atomic E-state index is 14.4. The number of nitrogens with zero attached hydrogens (tertiary/aromatic N) is 6. The van der Waals surface area contributed by atoms with Crippen LogP contribution in [0.1, 0.15) is 103 Å². The van der Waals surface area contributed by atoms with Crippen LogP contribution >= 0.6 is 12.6 Å². The molecule has 4 atom stereocenters. The van der Waals surface area contributed by atoms with E-state index in [4.69, 9.17) is 40.1 Å². The number of unbranched alkanes of at least 4 members (excludes halogenated alkanes) is 4. The Morgan fingerprint density at radius 1 is 0.625 bits per heavy atom. The fourth-order valence-corrected chi connectivity index (χ4v) is 7.97. The van der Waals surface area contributed by atoms with Crippen LogP contribution in [-0.2, 0) is 40.0 Å². The van der Waals surface area contributed by atoms with Crippen molar-refractivity contribution in [3.63, 3.8) is 0 Å². The molecule has 1 aromatic heterocycles. The molecule has 7 amide bonds. The number of thiol groups is 1. The van der Waals surface area contributed by atoms with Crippen molar-refractivity contribution >= 4 is 65.9 Å². The lowest BCUT2D eigenvalue weighted by molar-refractivity contribution is -0.142. The monoisotopic (exact) mass is 1040 g/mol. The number of H-pyrrole nitrogens is 1. The number of rotatable bonds is 41. The third-order valence-corrected chi connectivity index (χ3v) is 11.6. The molecule has 0 fully saturated rings. The Labute approximate surface area is 429 Å². The van der Waals surface area contributed by atoms with Gasteiger partial charge in [0.05, 0.1) is 18.9 Å². The average molecular weight is 1040 g/mol. The summed E-state index contributed by atoms with van der Waals surface area (Å²) in [5, 5.41) is 21.2. The van der Waals surface area contributed by atoms with Crippen molar-refractivity contribution < 1.29 is 38.7 Å². The lowest BCUT2D eigenvalue weighted by Gasteiger charge is -2.34. The summed E-state index contributed by atoms with van der Waals surface area (Å²) in [5.41, 5.74) is 39.9. The summed E-state index contributed by atoms with van der Waals surface area (Å²) in [6, 6.07) is -3.14. The van der Waals surface area contributed by atoms with Crippen molar-refractivity contribution in [3.05, 3.63) is 18.2 Å². The van der Waals surface area contributed by atoms with Crippen molar-refractivity contribution in [2.45, 2.75) is 127 Å². The van der Waals surface area contributed by atoms with Crippen LogP contribution in [0, 0.1) is 0 Å². The molecule has 72 heavy (non-hydrogen) atoms. The van der Waals surface area contributed by atoms with Gasteiger partial charge in [0.1, 0.15) is 18.1 Å². The van der Waals surface area contributed by atoms with Crippen LogP contribution in [0.4, 0.5) is 0 Å². The van der Waals surface area contributed by atoms with Gasteiger partial charge < -0.3 is 86.2 Å². The van der Waals surface area contributed by atoms with Crippen molar-refractivity contribution in [2.75, 3.05) is 84.3 Å². The quantitative estimate of drug-likeness (QED) is 0.0129. The van der Waals surface area contributed by atoms with Crippen molar-refractivity contribution in [3.8, 4) is 0 Å². The second-order valence-electron chi connectivity index (χ2n) is 17.2. The Morgan fingerprint density at radius 3 is 1.68 bits per heavy atom. The summed E-state index contributed by atoms with van der Waals surface area (Å²) in [6.45, 7) is 2.63. The molecule has 0 aliphatic carbocycles. The van der Waals surface area contributed by atoms with Gasteiger partial charge >= 0.3 is 0 Å². The van der Waals surface area contributed by atoms with E-state index in [9.17, 15) is 38.7 Å². The Morgan fingerprint density at radius 2 is 1.14 bits per heavy atom. The molecule has 0 aromatic carbocycles. The van der Waals surface area contributed by atoms with Crippen LogP contribution in [0.3, 0.4) is 0 Å². The number of aromatic amines is 1. The second kappa shape index (κ2) is 38.8. The number of imidazole rings is 1. The van der Waals surface area contributed by atoms with E-state index in [1.165, 1.54) is 28.0 Å². The number of amides is 7. The van der Waals surface area contributed by atoms with Gasteiger partial charge in [-0.1, -0.05) is 6.42 Å². The number of carbonyl (C=O) groups is 7. The van der Waals surface area contributed by atoms with Gasteiger partial charge in [0, 0.05) is 102 Å². The van der Waals surface area contributed by atoms with Crippen LogP contribution in [0.25, 0.3) is 0 Å². The fraction of sp³-hybridized carbons (Fsp3) is 0.733. The predicted molar refractivity (Wildman–Crippen MR) is 280 cm³/mol. The molecule has 1 rings (SSSR count). The molecule has 27 heteroatoms. The first kappa shape index (κ1) is 64.2. The highest BCUT2D eigenvalue weighted by Gasteiger charge is 2.33. The van der Waals surface area contributed by atoms with Gasteiger partial charge in [0.2, 0.25) is 41.4 Å².